The summed E-state index contributed by atoms with van der Waals surface area (Å²) in [6.45, 7) is 18.8. The van der Waals surface area contributed by atoms with Crippen molar-refractivity contribution in [2.45, 2.75) is 197 Å². The average molecular weight is 571 g/mol. The van der Waals surface area contributed by atoms with Crippen LogP contribution in [0.2, 0.25) is 0 Å². The standard InChI is InChI=1S/2C16H34.Cr.2H2O.2O/c2*1-5-9-10-11-12-13-14-15-16(6-2,7-3)8-4;;;;;/h2*5-15H2,1-4H3;;2*1H2;;/q;;+2;;;;/p-2. The van der Waals surface area contributed by atoms with E-state index in [-0.39, 0.29) is 0 Å². The molecule has 0 fully saturated rings. The van der Waals surface area contributed by atoms with Gasteiger partial charge in [-0.3, -0.25) is 0 Å². The van der Waals surface area contributed by atoms with Crippen LogP contribution in [0.4, 0.5) is 0 Å². The second-order valence-electron chi connectivity index (χ2n) is 11.3. The SMILES string of the molecule is CCCCCCCCCC(CC)(CC)CC.CCCCCCCCCC(CC)(CC)CC.[O]=[Cr](=[O])([OH])[OH]. The molecule has 0 saturated heterocycles. The van der Waals surface area contributed by atoms with Crippen LogP contribution in [0.5, 0.6) is 0 Å². The van der Waals surface area contributed by atoms with E-state index >= 15 is 0 Å². The predicted octanol–water partition coefficient (Wildman–Crippen LogP) is 11.3. The van der Waals surface area contributed by atoms with Crippen molar-refractivity contribution in [2.75, 3.05) is 0 Å². The number of hydrogen-bond acceptors (Lipinski definition) is 2. The van der Waals surface area contributed by atoms with Crippen molar-refractivity contribution < 1.29 is 29.5 Å². The van der Waals surface area contributed by atoms with E-state index < -0.39 is 13.6 Å². The second kappa shape index (κ2) is 27.6. The third kappa shape index (κ3) is 28.9. The molecule has 0 rings (SSSR count). The van der Waals surface area contributed by atoms with Crippen LogP contribution in [0.3, 0.4) is 0 Å². The first-order valence-corrected chi connectivity index (χ1v) is 18.4. The Balaban J connectivity index is -0.000000528. The van der Waals surface area contributed by atoms with E-state index in [0.717, 1.165) is 0 Å². The number of hydrogen-bond donors (Lipinski definition) is 2. The molecule has 0 saturated carbocycles. The number of unbranched alkanes of at least 4 members (excludes halogenated alkanes) is 12. The second-order valence-corrected chi connectivity index (χ2v) is 12.7. The molecule has 0 aliphatic carbocycles. The van der Waals surface area contributed by atoms with Crippen LogP contribution in [0, 0.1) is 10.8 Å². The van der Waals surface area contributed by atoms with Crippen LogP contribution in [0.15, 0.2) is 0 Å². The van der Waals surface area contributed by atoms with Crippen molar-refractivity contribution in [1.29, 1.82) is 0 Å². The molecule has 0 aromatic rings. The molecule has 5 heteroatoms. The molecular weight excluding hydrogens is 500 g/mol. The van der Waals surface area contributed by atoms with Crippen molar-refractivity contribution in [3.63, 3.8) is 0 Å². The zero-order valence-electron chi connectivity index (χ0n) is 26.7. The van der Waals surface area contributed by atoms with Gasteiger partial charge in [0.05, 0.1) is 0 Å². The summed E-state index contributed by atoms with van der Waals surface area (Å²) in [7, 11) is 0. The summed E-state index contributed by atoms with van der Waals surface area (Å²) in [4.78, 5) is 0. The van der Waals surface area contributed by atoms with Gasteiger partial charge >= 0.3 is 29.5 Å². The Morgan fingerprint density at radius 3 is 0.784 bits per heavy atom. The monoisotopic (exact) mass is 570 g/mol. The van der Waals surface area contributed by atoms with E-state index in [4.69, 9.17) is 15.9 Å². The van der Waals surface area contributed by atoms with E-state index in [1.54, 1.807) is 0 Å². The van der Waals surface area contributed by atoms with E-state index in [2.05, 4.69) is 55.4 Å². The molecular formula is C32H70CrO4. The molecule has 0 radical (unpaired) electrons. The van der Waals surface area contributed by atoms with E-state index in [1.165, 1.54) is 141 Å². The zero-order chi connectivity index (χ0) is 29.1. The van der Waals surface area contributed by atoms with Crippen LogP contribution in [-0.2, 0) is 21.2 Å². The van der Waals surface area contributed by atoms with Crippen LogP contribution < -0.4 is 0 Å². The van der Waals surface area contributed by atoms with Gasteiger partial charge in [0.25, 0.3) is 0 Å². The molecule has 0 unspecified atom stereocenters. The first-order valence-electron chi connectivity index (χ1n) is 16.2. The molecule has 37 heavy (non-hydrogen) atoms. The molecule has 0 aliphatic rings. The topological polar surface area (TPSA) is 74.6 Å². The summed E-state index contributed by atoms with van der Waals surface area (Å²) < 4.78 is 31.9. The molecule has 0 atom stereocenters. The molecule has 0 amide bonds. The zero-order valence-corrected chi connectivity index (χ0v) is 28.0. The summed E-state index contributed by atoms with van der Waals surface area (Å²) in [6.07, 6.45) is 31.4. The Morgan fingerprint density at radius 1 is 0.405 bits per heavy atom. The molecule has 4 nitrogen and oxygen atoms in total. The quantitative estimate of drug-likeness (QED) is 0.127. The Morgan fingerprint density at radius 2 is 0.595 bits per heavy atom. The fourth-order valence-corrected chi connectivity index (χ4v) is 5.47. The number of rotatable bonds is 22. The molecule has 0 aliphatic heterocycles. The summed E-state index contributed by atoms with van der Waals surface area (Å²) in [5, 5.41) is 0. The third-order valence-electron chi connectivity index (χ3n) is 9.12. The third-order valence-corrected chi connectivity index (χ3v) is 9.12. The fourth-order valence-electron chi connectivity index (χ4n) is 5.47. The first kappa shape index (κ1) is 41.5. The fraction of sp³-hybridized carbons (Fsp3) is 1.00. The van der Waals surface area contributed by atoms with Crippen LogP contribution >= 0.6 is 0 Å². The average Bonchev–Trinajstić information content (AvgIpc) is 2.88. The van der Waals surface area contributed by atoms with E-state index in [9.17, 15) is 0 Å². The molecule has 0 bridgehead atoms. The van der Waals surface area contributed by atoms with Crippen molar-refractivity contribution >= 4 is 0 Å². The van der Waals surface area contributed by atoms with Gasteiger partial charge in [-0.1, -0.05) is 184 Å². The van der Waals surface area contributed by atoms with Crippen molar-refractivity contribution in [2.24, 2.45) is 10.8 Å². The van der Waals surface area contributed by atoms with Gasteiger partial charge in [0.15, 0.2) is 0 Å². The van der Waals surface area contributed by atoms with Gasteiger partial charge in [0, 0.05) is 0 Å². The van der Waals surface area contributed by atoms with Gasteiger partial charge in [-0.15, -0.1) is 0 Å². The summed E-state index contributed by atoms with van der Waals surface area (Å²) in [6, 6.07) is 0. The van der Waals surface area contributed by atoms with Crippen LogP contribution in [0.25, 0.3) is 0 Å². The van der Waals surface area contributed by atoms with Gasteiger partial charge < -0.3 is 0 Å². The Bertz CT molecular complexity index is 478. The molecule has 228 valence electrons. The van der Waals surface area contributed by atoms with Gasteiger partial charge in [-0.2, -0.15) is 0 Å². The molecule has 0 spiro atoms. The minimum absolute atomic E-state index is 0.670. The predicted molar refractivity (Wildman–Crippen MR) is 158 cm³/mol. The molecule has 0 aromatic carbocycles. The van der Waals surface area contributed by atoms with Crippen molar-refractivity contribution in [3.8, 4) is 0 Å². The van der Waals surface area contributed by atoms with Crippen molar-refractivity contribution in [1.82, 2.24) is 0 Å². The van der Waals surface area contributed by atoms with E-state index in [1.807, 2.05) is 0 Å². The Kier molecular flexibility index (Phi) is 31.0. The summed E-state index contributed by atoms with van der Waals surface area (Å²) >= 11 is -5.25. The van der Waals surface area contributed by atoms with Gasteiger partial charge in [0.1, 0.15) is 0 Å². The van der Waals surface area contributed by atoms with E-state index in [0.29, 0.717) is 10.8 Å². The van der Waals surface area contributed by atoms with Gasteiger partial charge in [-0.25, -0.2) is 0 Å². The van der Waals surface area contributed by atoms with Crippen LogP contribution in [0.1, 0.15) is 197 Å². The maximum atomic E-state index is 8.82. The molecule has 2 N–H and O–H groups in total. The Hall–Kier alpha value is 0.0525. The van der Waals surface area contributed by atoms with Crippen molar-refractivity contribution in [3.05, 3.63) is 0 Å². The molecule has 0 aromatic heterocycles. The maximum absolute atomic E-state index is 8.82. The Labute approximate surface area is 236 Å². The summed E-state index contributed by atoms with van der Waals surface area (Å²) in [5.41, 5.74) is 1.34. The van der Waals surface area contributed by atoms with Crippen LogP contribution in [-0.4, -0.2) is 8.32 Å². The van der Waals surface area contributed by atoms with Gasteiger partial charge in [-0.05, 0) is 23.7 Å². The normalized spacial score (nSPS) is 11.9. The summed E-state index contributed by atoms with van der Waals surface area (Å²) in [5.74, 6) is 0. The minimum atomic E-state index is -5.25. The van der Waals surface area contributed by atoms with Gasteiger partial charge in [0.2, 0.25) is 0 Å². The first-order chi connectivity index (χ1) is 17.5. The molecule has 0 heterocycles.